The van der Waals surface area contributed by atoms with Crippen molar-refractivity contribution in [3.05, 3.63) is 12.7 Å². The van der Waals surface area contributed by atoms with Crippen LogP contribution < -0.4 is 16.0 Å². The Morgan fingerprint density at radius 1 is 1.42 bits per heavy atom. The van der Waals surface area contributed by atoms with Crippen molar-refractivity contribution in [3.63, 3.8) is 0 Å². The SMILES string of the molecule is C=CCNC(=O)NC(=O)CN1CCCCC1CNC. The molecule has 3 N–H and O–H groups in total. The minimum Gasteiger partial charge on any atom is -0.334 e. The van der Waals surface area contributed by atoms with Gasteiger partial charge in [0, 0.05) is 19.1 Å². The second kappa shape index (κ2) is 8.66. The lowest BCUT2D eigenvalue weighted by molar-refractivity contribution is -0.122. The van der Waals surface area contributed by atoms with Gasteiger partial charge in [0.15, 0.2) is 0 Å². The molecule has 0 radical (unpaired) electrons. The predicted octanol–water partition coefficient (Wildman–Crippen LogP) is 0.0721. The third-order valence-corrected chi connectivity index (χ3v) is 3.20. The van der Waals surface area contributed by atoms with Gasteiger partial charge in [-0.15, -0.1) is 6.58 Å². The zero-order valence-corrected chi connectivity index (χ0v) is 11.6. The van der Waals surface area contributed by atoms with Crippen molar-refractivity contribution in [3.8, 4) is 0 Å². The minimum absolute atomic E-state index is 0.260. The molecule has 0 aromatic rings. The zero-order chi connectivity index (χ0) is 14.1. The maximum absolute atomic E-state index is 11.8. The van der Waals surface area contributed by atoms with Gasteiger partial charge in [0.2, 0.25) is 5.91 Å². The average Bonchev–Trinajstić information content (AvgIpc) is 2.39. The predicted molar refractivity (Wildman–Crippen MR) is 74.9 cm³/mol. The van der Waals surface area contributed by atoms with Crippen LogP contribution in [-0.2, 0) is 4.79 Å². The summed E-state index contributed by atoms with van der Waals surface area (Å²) in [6, 6.07) is -0.0900. The van der Waals surface area contributed by atoms with Crippen molar-refractivity contribution >= 4 is 11.9 Å². The van der Waals surface area contributed by atoms with Crippen LogP contribution in [0.25, 0.3) is 0 Å². The van der Waals surface area contributed by atoms with Crippen LogP contribution >= 0.6 is 0 Å². The second-order valence-corrected chi connectivity index (χ2v) is 4.72. The van der Waals surface area contributed by atoms with Gasteiger partial charge < -0.3 is 10.6 Å². The quantitative estimate of drug-likeness (QED) is 0.596. The average molecular weight is 268 g/mol. The normalized spacial score (nSPS) is 19.7. The highest BCUT2D eigenvalue weighted by molar-refractivity contribution is 5.95. The standard InChI is InChI=1S/C13H24N4O2/c1-3-7-15-13(19)16-12(18)10-17-8-5-4-6-11(17)9-14-2/h3,11,14H,1,4-10H2,2H3,(H2,15,16,18,19). The molecule has 1 heterocycles. The summed E-state index contributed by atoms with van der Waals surface area (Å²) in [5.41, 5.74) is 0. The molecule has 0 saturated carbocycles. The van der Waals surface area contributed by atoms with Gasteiger partial charge in [-0.05, 0) is 26.4 Å². The molecule has 0 aromatic carbocycles. The molecular weight excluding hydrogens is 244 g/mol. The summed E-state index contributed by atoms with van der Waals surface area (Å²) in [6.07, 6.45) is 4.97. The van der Waals surface area contributed by atoms with Gasteiger partial charge >= 0.3 is 6.03 Å². The topological polar surface area (TPSA) is 73.5 Å². The highest BCUT2D eigenvalue weighted by atomic mass is 16.2. The first-order valence-electron chi connectivity index (χ1n) is 6.74. The number of nitrogens with one attached hydrogen (secondary N) is 3. The van der Waals surface area contributed by atoms with Gasteiger partial charge in [-0.1, -0.05) is 12.5 Å². The summed E-state index contributed by atoms with van der Waals surface area (Å²) in [5.74, 6) is -0.260. The Bertz CT molecular complexity index is 318. The highest BCUT2D eigenvalue weighted by Crippen LogP contribution is 2.15. The van der Waals surface area contributed by atoms with Gasteiger partial charge in [0.25, 0.3) is 0 Å². The van der Waals surface area contributed by atoms with Crippen LogP contribution in [0.1, 0.15) is 19.3 Å². The van der Waals surface area contributed by atoms with E-state index in [1.807, 2.05) is 7.05 Å². The molecule has 1 aliphatic heterocycles. The largest absolute Gasteiger partial charge is 0.334 e. The van der Waals surface area contributed by atoms with E-state index in [4.69, 9.17) is 0 Å². The Kier molecular flexibility index (Phi) is 7.14. The molecule has 0 spiro atoms. The lowest BCUT2D eigenvalue weighted by Gasteiger charge is -2.34. The number of likely N-dealkylation sites (N-methyl/N-ethyl adjacent to an activating group) is 1. The van der Waals surface area contributed by atoms with Crippen LogP contribution in [0, 0.1) is 0 Å². The molecule has 108 valence electrons. The van der Waals surface area contributed by atoms with E-state index in [0.29, 0.717) is 12.6 Å². The van der Waals surface area contributed by atoms with Crippen molar-refractivity contribution in [1.82, 2.24) is 20.9 Å². The Labute approximate surface area is 114 Å². The summed E-state index contributed by atoms with van der Waals surface area (Å²) in [7, 11) is 1.91. The molecule has 1 saturated heterocycles. The molecule has 0 bridgehead atoms. The van der Waals surface area contributed by atoms with Crippen LogP contribution in [-0.4, -0.2) is 56.1 Å². The second-order valence-electron chi connectivity index (χ2n) is 4.72. The maximum Gasteiger partial charge on any atom is 0.321 e. The number of rotatable bonds is 6. The molecular formula is C13H24N4O2. The highest BCUT2D eigenvalue weighted by Gasteiger charge is 2.23. The summed E-state index contributed by atoms with van der Waals surface area (Å²) < 4.78 is 0. The fraction of sp³-hybridized carbons (Fsp3) is 0.692. The van der Waals surface area contributed by atoms with Crippen LogP contribution in [0.4, 0.5) is 4.79 Å². The number of imide groups is 1. The lowest BCUT2D eigenvalue weighted by Crippen LogP contribution is -2.51. The first-order chi connectivity index (χ1) is 9.17. The summed E-state index contributed by atoms with van der Waals surface area (Å²) >= 11 is 0. The van der Waals surface area contributed by atoms with E-state index >= 15 is 0 Å². The summed E-state index contributed by atoms with van der Waals surface area (Å²) in [6.45, 7) is 5.90. The van der Waals surface area contributed by atoms with Crippen LogP contribution in [0.5, 0.6) is 0 Å². The van der Waals surface area contributed by atoms with Gasteiger partial charge in [0.05, 0.1) is 6.54 Å². The lowest BCUT2D eigenvalue weighted by atomic mass is 10.0. The fourth-order valence-electron chi connectivity index (χ4n) is 2.29. The molecule has 6 nitrogen and oxygen atoms in total. The maximum atomic E-state index is 11.8. The molecule has 0 aliphatic carbocycles. The van der Waals surface area contributed by atoms with E-state index in [2.05, 4.69) is 27.4 Å². The number of amides is 3. The van der Waals surface area contributed by atoms with E-state index < -0.39 is 6.03 Å². The molecule has 1 atom stereocenters. The molecule has 19 heavy (non-hydrogen) atoms. The first kappa shape index (κ1) is 15.7. The van der Waals surface area contributed by atoms with Gasteiger partial charge in [0.1, 0.15) is 0 Å². The van der Waals surface area contributed by atoms with Crippen molar-refractivity contribution < 1.29 is 9.59 Å². The number of likely N-dealkylation sites (tertiary alicyclic amines) is 1. The van der Waals surface area contributed by atoms with E-state index in [1.54, 1.807) is 6.08 Å². The third-order valence-electron chi connectivity index (χ3n) is 3.20. The number of carbonyl (C=O) groups is 2. The number of carbonyl (C=O) groups excluding carboxylic acids is 2. The zero-order valence-electron chi connectivity index (χ0n) is 11.6. The molecule has 3 amide bonds. The number of urea groups is 1. The third kappa shape index (κ3) is 5.85. The molecule has 0 aromatic heterocycles. The van der Waals surface area contributed by atoms with E-state index in [9.17, 15) is 9.59 Å². The van der Waals surface area contributed by atoms with Gasteiger partial charge in [-0.3, -0.25) is 15.0 Å². The first-order valence-corrected chi connectivity index (χ1v) is 6.74. The molecule has 1 fully saturated rings. The fourth-order valence-corrected chi connectivity index (χ4v) is 2.29. The van der Waals surface area contributed by atoms with Crippen molar-refractivity contribution in [2.75, 3.05) is 33.2 Å². The van der Waals surface area contributed by atoms with E-state index in [0.717, 1.165) is 25.9 Å². The Balaban J connectivity index is 2.36. The van der Waals surface area contributed by atoms with Crippen LogP contribution in [0.3, 0.4) is 0 Å². The summed E-state index contributed by atoms with van der Waals surface area (Å²) in [5, 5.41) is 7.99. The number of piperidine rings is 1. The Morgan fingerprint density at radius 3 is 2.89 bits per heavy atom. The summed E-state index contributed by atoms with van der Waals surface area (Å²) in [4.78, 5) is 25.2. The number of hydrogen-bond donors (Lipinski definition) is 3. The number of nitrogens with zero attached hydrogens (tertiary/aromatic N) is 1. The van der Waals surface area contributed by atoms with Crippen molar-refractivity contribution in [2.45, 2.75) is 25.3 Å². The van der Waals surface area contributed by atoms with Crippen LogP contribution in [0.2, 0.25) is 0 Å². The van der Waals surface area contributed by atoms with Crippen molar-refractivity contribution in [1.29, 1.82) is 0 Å². The molecule has 1 unspecified atom stereocenters. The number of hydrogen-bond acceptors (Lipinski definition) is 4. The molecule has 1 aliphatic rings. The van der Waals surface area contributed by atoms with Gasteiger partial charge in [-0.25, -0.2) is 4.79 Å². The minimum atomic E-state index is -0.466. The van der Waals surface area contributed by atoms with Crippen LogP contribution in [0.15, 0.2) is 12.7 Å². The van der Waals surface area contributed by atoms with Gasteiger partial charge in [-0.2, -0.15) is 0 Å². The smallest absolute Gasteiger partial charge is 0.321 e. The Hall–Kier alpha value is -1.40. The molecule has 1 rings (SSSR count). The Morgan fingerprint density at radius 2 is 2.21 bits per heavy atom. The molecule has 6 heteroatoms. The van der Waals surface area contributed by atoms with E-state index in [1.165, 1.54) is 6.42 Å². The van der Waals surface area contributed by atoms with E-state index in [-0.39, 0.29) is 12.5 Å². The van der Waals surface area contributed by atoms with Crippen molar-refractivity contribution in [2.24, 2.45) is 0 Å². The monoisotopic (exact) mass is 268 g/mol.